The summed E-state index contributed by atoms with van der Waals surface area (Å²) in [7, 11) is 2.24. The highest BCUT2D eigenvalue weighted by atomic mass is 79.9. The van der Waals surface area contributed by atoms with Gasteiger partial charge in [-0.15, -0.1) is 0 Å². The Kier molecular flexibility index (Phi) is 20.9. The first-order valence-electron chi connectivity index (χ1n) is 38.8. The fourth-order valence-electron chi connectivity index (χ4n) is 18.2. The summed E-state index contributed by atoms with van der Waals surface area (Å²) in [5.41, 5.74) is 5.57. The van der Waals surface area contributed by atoms with E-state index in [0.717, 1.165) is 128 Å². The summed E-state index contributed by atoms with van der Waals surface area (Å²) >= 11 is 3.48. The lowest BCUT2D eigenvalue weighted by Crippen LogP contribution is -2.41. The van der Waals surface area contributed by atoms with Gasteiger partial charge in [0, 0.05) is 213 Å². The quantitative estimate of drug-likeness (QED) is 0.0523. The number of fused-ring (bicyclic) bond motifs is 13. The molecule has 4 bridgehead atoms. The molecule has 20 heterocycles. The number of aromatic nitrogens is 16. The van der Waals surface area contributed by atoms with Crippen LogP contribution in [0.2, 0.25) is 0 Å². The highest BCUT2D eigenvalue weighted by molar-refractivity contribution is 9.10. The van der Waals surface area contributed by atoms with Crippen molar-refractivity contribution in [1.29, 1.82) is 15.8 Å². The third kappa shape index (κ3) is 15.1. The molecule has 0 N–H and O–H groups in total. The average Bonchev–Trinajstić information content (AvgIpc) is 1.58. The van der Waals surface area contributed by atoms with Crippen molar-refractivity contribution < 1.29 is 44.6 Å². The van der Waals surface area contributed by atoms with Gasteiger partial charge < -0.3 is 32.8 Å². The molecule has 8 atom stereocenters. The van der Waals surface area contributed by atoms with Crippen LogP contribution in [0.5, 0.6) is 17.5 Å². The minimum atomic E-state index is -5.91. The Morgan fingerprint density at radius 1 is 0.496 bits per heavy atom. The van der Waals surface area contributed by atoms with Crippen LogP contribution < -0.4 is 28.9 Å². The van der Waals surface area contributed by atoms with Crippen LogP contribution in [0.15, 0.2) is 170 Å². The molecule has 7 aliphatic rings. The van der Waals surface area contributed by atoms with Crippen LogP contribution in [0.3, 0.4) is 0 Å². The maximum atomic E-state index is 12.6. The third-order valence-corrected chi connectivity index (χ3v) is 25.9. The number of anilines is 2. The van der Waals surface area contributed by atoms with Gasteiger partial charge >= 0.3 is 22.7 Å². The minimum Gasteiger partial charge on any atom is -0.481 e. The fourth-order valence-corrected chi connectivity index (χ4v) is 18.9. The van der Waals surface area contributed by atoms with Crippen molar-refractivity contribution in [2.75, 3.05) is 50.2 Å². The first-order chi connectivity index (χ1) is 57.1. The molecule has 13 aromatic heterocycles. The number of nitrogens with zero attached hydrogens (tertiary/aromatic N) is 23. The molecule has 20 rings (SSSR count). The summed E-state index contributed by atoms with van der Waals surface area (Å²) in [5.74, 6) is 5.70. The highest BCUT2D eigenvalue weighted by Gasteiger charge is 2.58. The number of halogens is 4. The van der Waals surface area contributed by atoms with E-state index in [2.05, 4.69) is 140 Å². The van der Waals surface area contributed by atoms with Crippen molar-refractivity contribution in [2.24, 2.45) is 44.8 Å². The van der Waals surface area contributed by atoms with Crippen LogP contribution in [0, 0.1) is 57.7 Å². The zero-order chi connectivity index (χ0) is 83.1. The zero-order valence-electron chi connectivity index (χ0n) is 66.4. The second-order valence-corrected chi connectivity index (χ2v) is 34.4. The van der Waals surface area contributed by atoms with E-state index in [1.165, 1.54) is 53.9 Å². The van der Waals surface area contributed by atoms with Crippen molar-refractivity contribution >= 4 is 66.8 Å². The molecule has 0 saturated carbocycles. The maximum absolute atomic E-state index is 12.6. The summed E-state index contributed by atoms with van der Waals surface area (Å²) in [6, 6.07) is 30.7. The van der Waals surface area contributed by atoms with Crippen LogP contribution in [0.4, 0.5) is 24.8 Å². The lowest BCUT2D eigenvalue weighted by atomic mass is 9.77. The van der Waals surface area contributed by atoms with Gasteiger partial charge in [-0.25, -0.2) is 33.5 Å². The van der Waals surface area contributed by atoms with Crippen molar-refractivity contribution in [3.63, 3.8) is 0 Å². The molecule has 608 valence electrons. The van der Waals surface area contributed by atoms with E-state index in [-0.39, 0.29) is 11.1 Å². The largest absolute Gasteiger partial charge is 0.534 e. The van der Waals surface area contributed by atoms with Crippen molar-refractivity contribution in [2.45, 2.75) is 107 Å². The minimum absolute atomic E-state index is 0.134. The van der Waals surface area contributed by atoms with Gasteiger partial charge in [0.2, 0.25) is 11.8 Å². The van der Waals surface area contributed by atoms with Crippen molar-refractivity contribution in [3.05, 3.63) is 198 Å². The Hall–Kier alpha value is -12.1. The Balaban J connectivity index is 0.000000117. The van der Waals surface area contributed by atoms with Gasteiger partial charge in [0.05, 0.1) is 84.8 Å². The average molecular weight is 1690 g/mol. The van der Waals surface area contributed by atoms with Gasteiger partial charge in [-0.3, -0.25) is 23.8 Å². The summed E-state index contributed by atoms with van der Waals surface area (Å²) in [6.07, 6.45) is 33.0. The first kappa shape index (κ1) is 79.4. The molecule has 0 unspecified atom stereocenters. The molecule has 7 saturated heterocycles. The Bertz CT molecular complexity index is 6180. The lowest BCUT2D eigenvalue weighted by Gasteiger charge is -2.32. The van der Waals surface area contributed by atoms with Crippen molar-refractivity contribution in [1.82, 2.24) is 87.9 Å². The van der Waals surface area contributed by atoms with Gasteiger partial charge in [0.1, 0.15) is 40.9 Å². The molecular weight excluding hydrogens is 1610 g/mol. The number of nitriles is 3. The SMILES string of the molecule is COc1ccc(CN2[C@@H]3CC[C@H]2[C@H]2CN(c4ccc(-c5cc(-c6cnn(C)c6)cn6ncc(C#N)c56)cn4)C[C@H]23)cn1.COc1ccc(CN2[C@@H]3CC[C@H]2[C@H]2CN(c4ccc(Br)cn4)C[C@H]23)cn1.Cn1cc(-c2cc(B3OC(C)(C)C(C)(C)O3)c3c(C#N)cnn3c2)cn1.Cn1cc(-c2cc(OS(=O)(=O)C(F)(F)F)c3c(C#N)cnn3c2)cn1. The van der Waals surface area contributed by atoms with E-state index in [4.69, 9.17) is 29.0 Å². The standard InChI is InChI=1S/C32H31N9O.C20H23BrN4O.C18H20BN5O2.C13H8F3N5O3S/c1-38-16-24(14-36-38)22-9-25(32-23(10-33)13-37-41(32)17-22)21-4-7-30(34-12-21)39-18-26-27(19-39)29-6-5-28(26)40(29)15-20-3-8-31(42-2)35-11-20;1-26-20-7-2-13(8-23-20)10-25-17-4-5-18(25)16-12-24(11-15(16)17)19-6-3-14(21)9-22-19;1-17(2)18(3,4)26-19(25-17)15-6-12(14-9-21-23(5)10-14)11-24-16(15)13(7-20)8-22-24;1-20-6-10(5-18-20)8-2-11(24-25(22,23)13(14,15)16)12-9(3-17)4-19-21(12)7-8/h3-4,7-9,11-14,16-17,26-29H,5-6,15,18-19H2,1-2H3;2-3,6-9,15-18H,4-5,10-12H2,1H3;6,8-11H,1-5H3;2,4-7H,1H3/t26-,27+,28-,29+;15-,16+,17-,18+;;. The highest BCUT2D eigenvalue weighted by Crippen LogP contribution is 2.53. The molecule has 0 aromatic carbocycles. The molecule has 7 aliphatic heterocycles. The van der Waals surface area contributed by atoms with Gasteiger partial charge in [0.25, 0.3) is 0 Å². The lowest BCUT2D eigenvalue weighted by molar-refractivity contribution is -0.0499. The monoisotopic (exact) mass is 1690 g/mol. The van der Waals surface area contributed by atoms with Crippen LogP contribution in [-0.4, -0.2) is 185 Å². The van der Waals surface area contributed by atoms with Gasteiger partial charge in [-0.05, 0) is 141 Å². The van der Waals surface area contributed by atoms with Gasteiger partial charge in [0.15, 0.2) is 5.75 Å². The summed E-state index contributed by atoms with van der Waals surface area (Å²) in [4.78, 5) is 28.8. The summed E-state index contributed by atoms with van der Waals surface area (Å²) in [5, 5.41) is 53.5. The topological polar surface area (TPSA) is 322 Å². The van der Waals surface area contributed by atoms with E-state index in [0.29, 0.717) is 75.5 Å². The molecule has 13 aromatic rings. The normalized spacial score (nSPS) is 21.3. The Labute approximate surface area is 691 Å². The predicted octanol–water partition coefficient (Wildman–Crippen LogP) is 11.3. The van der Waals surface area contributed by atoms with E-state index in [1.807, 2.05) is 116 Å². The predicted molar refractivity (Wildman–Crippen MR) is 437 cm³/mol. The van der Waals surface area contributed by atoms with Crippen LogP contribution in [-0.2, 0) is 53.7 Å². The summed E-state index contributed by atoms with van der Waals surface area (Å²) < 4.78 is 98.4. The van der Waals surface area contributed by atoms with Crippen LogP contribution in [0.1, 0.15) is 81.2 Å². The second-order valence-electron chi connectivity index (χ2n) is 32.0. The third-order valence-electron chi connectivity index (χ3n) is 24.5. The maximum Gasteiger partial charge on any atom is 0.534 e. The molecule has 0 aliphatic carbocycles. The number of pyridine rings is 7. The molecule has 0 amide bonds. The molecule has 7 fully saturated rings. The number of ether oxygens (including phenoxy) is 2. The number of methoxy groups -OCH3 is 2. The van der Waals surface area contributed by atoms with Gasteiger partial charge in [-0.1, -0.05) is 18.2 Å². The molecule has 0 radical (unpaired) electrons. The fraction of sp³-hybridized carbons (Fsp3) is 0.361. The zero-order valence-corrected chi connectivity index (χ0v) is 68.8. The Morgan fingerprint density at radius 2 is 0.916 bits per heavy atom. The van der Waals surface area contributed by atoms with Crippen molar-refractivity contribution in [3.8, 4) is 80.2 Å². The molecule has 36 heteroatoms. The molecule has 30 nitrogen and oxygen atoms in total. The van der Waals surface area contributed by atoms with E-state index in [1.54, 1.807) is 70.5 Å². The van der Waals surface area contributed by atoms with E-state index >= 15 is 0 Å². The molecule has 119 heavy (non-hydrogen) atoms. The number of alkyl halides is 3. The number of hydrogen-bond acceptors (Lipinski definition) is 24. The number of aryl methyl sites for hydroxylation is 3. The number of hydrogen-bond donors (Lipinski definition) is 0. The first-order valence-corrected chi connectivity index (χ1v) is 41.0. The summed E-state index contributed by atoms with van der Waals surface area (Å²) in [6.45, 7) is 14.4. The number of rotatable bonds is 15. The Morgan fingerprint density at radius 3 is 1.31 bits per heavy atom. The molecule has 0 spiro atoms. The smallest absolute Gasteiger partial charge is 0.481 e. The van der Waals surface area contributed by atoms with E-state index in [9.17, 15) is 32.1 Å². The van der Waals surface area contributed by atoms with Crippen LogP contribution in [0.25, 0.3) is 61.1 Å². The van der Waals surface area contributed by atoms with Crippen LogP contribution >= 0.6 is 15.9 Å². The van der Waals surface area contributed by atoms with E-state index < -0.39 is 39.7 Å². The molecular formula is C83H82BBrF3N23O7S. The second kappa shape index (κ2) is 31.3. The van der Waals surface area contributed by atoms with Gasteiger partial charge in [-0.2, -0.15) is 68.0 Å².